The maximum absolute atomic E-state index is 5.16. The van der Waals surface area contributed by atoms with E-state index in [1.165, 1.54) is 32.7 Å². The highest BCUT2D eigenvalue weighted by molar-refractivity contribution is 6.23. The van der Waals surface area contributed by atoms with Gasteiger partial charge >= 0.3 is 0 Å². The summed E-state index contributed by atoms with van der Waals surface area (Å²) in [4.78, 5) is 15.3. The maximum atomic E-state index is 5.16. The lowest BCUT2D eigenvalue weighted by molar-refractivity contribution is 0.954. The van der Waals surface area contributed by atoms with Gasteiger partial charge in [-0.05, 0) is 50.9 Å². The highest BCUT2D eigenvalue weighted by atomic mass is 15.2. The SMILES string of the molecule is c1ccc(-c2nc(-c3ccc4ccccc4c3)nc(-n3c4ccccc4c4c5cccc(-c6ccccc6)c5ccc43)n2)cc1. The zero-order valence-corrected chi connectivity index (χ0v) is 24.3. The Morgan fingerprint density at radius 3 is 1.87 bits per heavy atom. The van der Waals surface area contributed by atoms with Crippen molar-refractivity contribution in [2.45, 2.75) is 0 Å². The highest BCUT2D eigenvalue weighted by Crippen LogP contribution is 2.39. The van der Waals surface area contributed by atoms with E-state index < -0.39 is 0 Å². The number of rotatable bonds is 4. The van der Waals surface area contributed by atoms with Crippen molar-refractivity contribution in [1.29, 1.82) is 0 Å². The number of benzene rings is 7. The van der Waals surface area contributed by atoms with E-state index in [2.05, 4.69) is 132 Å². The van der Waals surface area contributed by atoms with Crippen molar-refractivity contribution in [3.63, 3.8) is 0 Å². The van der Waals surface area contributed by atoms with Crippen LogP contribution in [0.1, 0.15) is 0 Å². The zero-order valence-electron chi connectivity index (χ0n) is 24.3. The zero-order chi connectivity index (χ0) is 29.7. The summed E-state index contributed by atoms with van der Waals surface area (Å²) in [5.74, 6) is 1.88. The van der Waals surface area contributed by atoms with Crippen LogP contribution in [-0.2, 0) is 0 Å². The second-order valence-electron chi connectivity index (χ2n) is 11.3. The minimum absolute atomic E-state index is 0.594. The summed E-state index contributed by atoms with van der Waals surface area (Å²) in [6.45, 7) is 0. The molecule has 9 rings (SSSR count). The Balaban J connectivity index is 1.34. The molecule has 0 bridgehead atoms. The predicted molar refractivity (Wildman–Crippen MR) is 185 cm³/mol. The second-order valence-corrected chi connectivity index (χ2v) is 11.3. The summed E-state index contributed by atoms with van der Waals surface area (Å²) in [5.41, 5.74) is 6.44. The lowest BCUT2D eigenvalue weighted by Gasteiger charge is -2.12. The number of hydrogen-bond donors (Lipinski definition) is 0. The molecule has 0 saturated heterocycles. The van der Waals surface area contributed by atoms with Crippen LogP contribution in [-0.4, -0.2) is 19.5 Å². The summed E-state index contributed by atoms with van der Waals surface area (Å²) in [6.07, 6.45) is 0. The van der Waals surface area contributed by atoms with Gasteiger partial charge in [0.25, 0.3) is 0 Å². The number of nitrogens with zero attached hydrogens (tertiary/aromatic N) is 4. The first-order valence-electron chi connectivity index (χ1n) is 15.1. The molecule has 0 unspecified atom stereocenters. The van der Waals surface area contributed by atoms with E-state index in [0.717, 1.165) is 32.9 Å². The van der Waals surface area contributed by atoms with Crippen molar-refractivity contribution in [2.75, 3.05) is 0 Å². The third-order valence-electron chi connectivity index (χ3n) is 8.64. The van der Waals surface area contributed by atoms with Crippen molar-refractivity contribution in [2.24, 2.45) is 0 Å². The van der Waals surface area contributed by atoms with E-state index in [9.17, 15) is 0 Å². The first kappa shape index (κ1) is 25.4. The Kier molecular flexibility index (Phi) is 5.78. The molecule has 0 N–H and O–H groups in total. The van der Waals surface area contributed by atoms with Crippen molar-refractivity contribution in [3.05, 3.63) is 158 Å². The molecule has 0 fully saturated rings. The molecule has 9 aromatic rings. The molecule has 7 aromatic carbocycles. The maximum Gasteiger partial charge on any atom is 0.238 e. The van der Waals surface area contributed by atoms with Crippen molar-refractivity contribution >= 4 is 43.4 Å². The van der Waals surface area contributed by atoms with Gasteiger partial charge in [-0.25, -0.2) is 4.98 Å². The average molecular weight is 575 g/mol. The normalized spacial score (nSPS) is 11.6. The predicted octanol–water partition coefficient (Wildman–Crippen LogP) is 10.3. The number of hydrogen-bond acceptors (Lipinski definition) is 3. The fourth-order valence-electron chi connectivity index (χ4n) is 6.55. The van der Waals surface area contributed by atoms with Crippen molar-refractivity contribution in [1.82, 2.24) is 19.5 Å². The second kappa shape index (κ2) is 10.2. The van der Waals surface area contributed by atoms with E-state index in [-0.39, 0.29) is 0 Å². The van der Waals surface area contributed by atoms with Gasteiger partial charge in [0.1, 0.15) is 0 Å². The number of aromatic nitrogens is 4. The number of para-hydroxylation sites is 1. The molecule has 2 heterocycles. The third kappa shape index (κ3) is 4.19. The molecule has 0 aliphatic carbocycles. The van der Waals surface area contributed by atoms with Crippen LogP contribution < -0.4 is 0 Å². The minimum Gasteiger partial charge on any atom is -0.278 e. The summed E-state index contributed by atoms with van der Waals surface area (Å²) >= 11 is 0. The van der Waals surface area contributed by atoms with Gasteiger partial charge in [0.15, 0.2) is 11.6 Å². The molecule has 0 aliphatic rings. The molecule has 2 aromatic heterocycles. The van der Waals surface area contributed by atoms with Crippen LogP contribution in [0.2, 0.25) is 0 Å². The summed E-state index contributed by atoms with van der Waals surface area (Å²) in [5, 5.41) is 7.11. The van der Waals surface area contributed by atoms with Gasteiger partial charge < -0.3 is 0 Å². The van der Waals surface area contributed by atoms with E-state index in [0.29, 0.717) is 17.6 Å². The molecular formula is C41H26N4. The van der Waals surface area contributed by atoms with Gasteiger partial charge in [-0.3, -0.25) is 4.57 Å². The van der Waals surface area contributed by atoms with Crippen molar-refractivity contribution in [3.8, 4) is 39.9 Å². The van der Waals surface area contributed by atoms with Crippen LogP contribution in [0.3, 0.4) is 0 Å². The Hall–Kier alpha value is -6.13. The topological polar surface area (TPSA) is 43.6 Å². The van der Waals surface area contributed by atoms with E-state index in [1.807, 2.05) is 30.3 Å². The molecule has 0 aliphatic heterocycles. The molecule has 0 spiro atoms. The minimum atomic E-state index is 0.594. The van der Waals surface area contributed by atoms with Crippen LogP contribution in [0, 0.1) is 0 Å². The molecule has 0 radical (unpaired) electrons. The van der Waals surface area contributed by atoms with Crippen LogP contribution in [0.15, 0.2) is 158 Å². The van der Waals surface area contributed by atoms with Gasteiger partial charge in [-0.2, -0.15) is 9.97 Å². The third-order valence-corrected chi connectivity index (χ3v) is 8.64. The molecular weight excluding hydrogens is 548 g/mol. The van der Waals surface area contributed by atoms with E-state index in [1.54, 1.807) is 0 Å². The molecule has 0 saturated carbocycles. The van der Waals surface area contributed by atoms with E-state index in [4.69, 9.17) is 15.0 Å². The summed E-state index contributed by atoms with van der Waals surface area (Å²) in [7, 11) is 0. The van der Waals surface area contributed by atoms with Gasteiger partial charge in [0.2, 0.25) is 5.95 Å². The lowest BCUT2D eigenvalue weighted by Crippen LogP contribution is -2.06. The molecule has 210 valence electrons. The standard InChI is InChI=1S/C41H26N4/c1-3-13-28(14-4-1)32-19-11-20-34-33(32)24-25-37-38(34)35-18-9-10-21-36(35)45(37)41-43-39(29-15-5-2-6-16-29)42-40(44-41)31-23-22-27-12-7-8-17-30(27)26-31/h1-26H. The number of fused-ring (bicyclic) bond motifs is 6. The Morgan fingerprint density at radius 1 is 0.378 bits per heavy atom. The average Bonchev–Trinajstić information content (AvgIpc) is 3.46. The van der Waals surface area contributed by atoms with Gasteiger partial charge in [0, 0.05) is 21.9 Å². The van der Waals surface area contributed by atoms with E-state index >= 15 is 0 Å². The molecule has 4 heteroatoms. The largest absolute Gasteiger partial charge is 0.278 e. The van der Waals surface area contributed by atoms with Gasteiger partial charge in [-0.15, -0.1) is 0 Å². The lowest BCUT2D eigenvalue weighted by atomic mass is 9.95. The monoisotopic (exact) mass is 574 g/mol. The molecule has 0 atom stereocenters. The van der Waals surface area contributed by atoms with Crippen LogP contribution in [0.5, 0.6) is 0 Å². The fourth-order valence-corrected chi connectivity index (χ4v) is 6.55. The molecule has 4 nitrogen and oxygen atoms in total. The van der Waals surface area contributed by atoms with Crippen LogP contribution >= 0.6 is 0 Å². The fraction of sp³-hybridized carbons (Fsp3) is 0. The summed E-state index contributed by atoms with van der Waals surface area (Å²) < 4.78 is 2.19. The summed E-state index contributed by atoms with van der Waals surface area (Å²) in [6, 6.07) is 55.1. The van der Waals surface area contributed by atoms with Crippen LogP contribution in [0.25, 0.3) is 83.2 Å². The quantitative estimate of drug-likeness (QED) is 0.210. The first-order valence-corrected chi connectivity index (χ1v) is 15.1. The molecule has 45 heavy (non-hydrogen) atoms. The van der Waals surface area contributed by atoms with Gasteiger partial charge in [0.05, 0.1) is 11.0 Å². The Morgan fingerprint density at radius 2 is 1.04 bits per heavy atom. The van der Waals surface area contributed by atoms with Crippen molar-refractivity contribution < 1.29 is 0 Å². The highest BCUT2D eigenvalue weighted by Gasteiger charge is 2.20. The first-order chi connectivity index (χ1) is 22.3. The van der Waals surface area contributed by atoms with Crippen LogP contribution in [0.4, 0.5) is 0 Å². The Bertz CT molecular complexity index is 2530. The smallest absolute Gasteiger partial charge is 0.238 e. The Labute approximate surface area is 259 Å². The molecule has 0 amide bonds. The van der Waals surface area contributed by atoms with Gasteiger partial charge in [-0.1, -0.05) is 140 Å².